The Morgan fingerprint density at radius 2 is 1.95 bits per heavy atom. The van der Waals surface area contributed by atoms with Crippen molar-refractivity contribution in [1.82, 2.24) is 5.32 Å². The van der Waals surface area contributed by atoms with E-state index in [0.717, 1.165) is 30.5 Å². The van der Waals surface area contributed by atoms with E-state index in [1.165, 1.54) is 5.56 Å². The van der Waals surface area contributed by atoms with Gasteiger partial charge in [0, 0.05) is 17.1 Å². The monoisotopic (exact) mass is 355 g/mol. The van der Waals surface area contributed by atoms with Gasteiger partial charge in [-0.1, -0.05) is 41.9 Å². The quantitative estimate of drug-likeness (QED) is 0.722. The molecule has 2 nitrogen and oxygen atoms in total. The number of hydrogen-bond acceptors (Lipinski definition) is 2. The van der Waals surface area contributed by atoms with Crippen LogP contribution >= 0.6 is 15.9 Å². The van der Waals surface area contributed by atoms with Gasteiger partial charge in [-0.3, -0.25) is 0 Å². The Labute approximate surface area is 138 Å². The molecule has 1 aromatic carbocycles. The maximum absolute atomic E-state index is 5.89. The lowest BCUT2D eigenvalue weighted by atomic mass is 9.96. The van der Waals surface area contributed by atoms with Crippen LogP contribution in [0, 0.1) is 5.92 Å². The molecule has 0 spiro atoms. The third kappa shape index (κ3) is 9.28. The highest BCUT2D eigenvalue weighted by Crippen LogP contribution is 2.18. The Morgan fingerprint density at radius 1 is 1.24 bits per heavy atom. The molecule has 0 fully saturated rings. The summed E-state index contributed by atoms with van der Waals surface area (Å²) in [5, 5.41) is 3.56. The van der Waals surface area contributed by atoms with E-state index in [9.17, 15) is 0 Å². The summed E-state index contributed by atoms with van der Waals surface area (Å²) in [5.41, 5.74) is 1.34. The number of ether oxygens (including phenoxy) is 1. The molecule has 0 radical (unpaired) electrons. The molecule has 0 aromatic heterocycles. The van der Waals surface area contributed by atoms with E-state index in [0.29, 0.717) is 12.0 Å². The first-order chi connectivity index (χ1) is 9.76. The maximum Gasteiger partial charge on any atom is 0.0598 e. The molecule has 21 heavy (non-hydrogen) atoms. The zero-order valence-electron chi connectivity index (χ0n) is 14.1. The van der Waals surface area contributed by atoms with Crippen molar-refractivity contribution in [1.29, 1.82) is 0 Å². The van der Waals surface area contributed by atoms with Crippen LogP contribution in [0.5, 0.6) is 0 Å². The predicted molar refractivity (Wildman–Crippen MR) is 94.8 cm³/mol. The summed E-state index contributed by atoms with van der Waals surface area (Å²) >= 11 is 3.55. The molecule has 0 saturated heterocycles. The molecular formula is C18H30BrNO. The van der Waals surface area contributed by atoms with Crippen molar-refractivity contribution in [3.8, 4) is 0 Å². The zero-order valence-corrected chi connectivity index (χ0v) is 15.7. The van der Waals surface area contributed by atoms with Crippen LogP contribution in [0.4, 0.5) is 0 Å². The molecule has 1 rings (SSSR count). The minimum absolute atomic E-state index is 0.0498. The highest BCUT2D eigenvalue weighted by Gasteiger charge is 2.14. The lowest BCUT2D eigenvalue weighted by Gasteiger charge is -2.23. The molecule has 1 unspecified atom stereocenters. The molecule has 1 atom stereocenters. The van der Waals surface area contributed by atoms with E-state index >= 15 is 0 Å². The van der Waals surface area contributed by atoms with E-state index in [1.807, 2.05) is 0 Å². The van der Waals surface area contributed by atoms with Gasteiger partial charge in [0.2, 0.25) is 0 Å². The van der Waals surface area contributed by atoms with Crippen molar-refractivity contribution in [3.63, 3.8) is 0 Å². The van der Waals surface area contributed by atoms with E-state index in [-0.39, 0.29) is 5.60 Å². The minimum atomic E-state index is -0.0498. The molecule has 0 amide bonds. The second-order valence-electron chi connectivity index (χ2n) is 7.01. The lowest BCUT2D eigenvalue weighted by Crippen LogP contribution is -2.31. The number of halogens is 1. The standard InChI is InChI=1S/C18H30BrNO/c1-14(2)20-13-16(9-10-21-18(3,4)5)11-15-7-6-8-17(19)12-15/h6-8,12,14,16,20H,9-11,13H2,1-5H3. The number of hydrogen-bond donors (Lipinski definition) is 1. The third-order valence-electron chi connectivity index (χ3n) is 3.29. The maximum atomic E-state index is 5.89. The number of benzene rings is 1. The Kier molecular flexibility index (Phi) is 7.93. The zero-order chi connectivity index (χ0) is 15.9. The Morgan fingerprint density at radius 3 is 2.52 bits per heavy atom. The summed E-state index contributed by atoms with van der Waals surface area (Å²) < 4.78 is 7.05. The van der Waals surface area contributed by atoms with Crippen molar-refractivity contribution in [2.45, 2.75) is 59.1 Å². The van der Waals surface area contributed by atoms with Crippen LogP contribution in [0.2, 0.25) is 0 Å². The molecule has 120 valence electrons. The van der Waals surface area contributed by atoms with Crippen LogP contribution in [0.1, 0.15) is 46.6 Å². The van der Waals surface area contributed by atoms with Crippen LogP contribution in [0.3, 0.4) is 0 Å². The van der Waals surface area contributed by atoms with Crippen molar-refractivity contribution in [2.75, 3.05) is 13.2 Å². The smallest absolute Gasteiger partial charge is 0.0598 e. The molecule has 0 saturated carbocycles. The molecule has 0 aliphatic carbocycles. The predicted octanol–water partition coefficient (Wildman–Crippen LogP) is 4.81. The summed E-state index contributed by atoms with van der Waals surface area (Å²) in [6.45, 7) is 12.6. The van der Waals surface area contributed by atoms with Crippen LogP contribution in [-0.4, -0.2) is 24.8 Å². The molecule has 0 aliphatic rings. The van der Waals surface area contributed by atoms with Crippen molar-refractivity contribution >= 4 is 15.9 Å². The van der Waals surface area contributed by atoms with E-state index in [4.69, 9.17) is 4.74 Å². The van der Waals surface area contributed by atoms with Gasteiger partial charge in [-0.05, 0) is 63.8 Å². The summed E-state index contributed by atoms with van der Waals surface area (Å²) in [6.07, 6.45) is 2.18. The van der Waals surface area contributed by atoms with E-state index in [1.54, 1.807) is 0 Å². The normalized spacial score (nSPS) is 13.7. The van der Waals surface area contributed by atoms with Gasteiger partial charge in [0.1, 0.15) is 0 Å². The average molecular weight is 356 g/mol. The summed E-state index contributed by atoms with van der Waals surface area (Å²) in [5.74, 6) is 0.601. The van der Waals surface area contributed by atoms with Gasteiger partial charge in [0.15, 0.2) is 0 Å². The van der Waals surface area contributed by atoms with E-state index < -0.39 is 0 Å². The van der Waals surface area contributed by atoms with Gasteiger partial charge in [-0.2, -0.15) is 0 Å². The molecule has 1 N–H and O–H groups in total. The van der Waals surface area contributed by atoms with E-state index in [2.05, 4.69) is 80.1 Å². The van der Waals surface area contributed by atoms with Gasteiger partial charge >= 0.3 is 0 Å². The highest BCUT2D eigenvalue weighted by molar-refractivity contribution is 9.10. The molecule has 1 aromatic rings. The Bertz CT molecular complexity index is 412. The first-order valence-electron chi connectivity index (χ1n) is 7.88. The SMILES string of the molecule is CC(C)NCC(CCOC(C)(C)C)Cc1cccc(Br)c1. The fraction of sp³-hybridized carbons (Fsp3) is 0.667. The fourth-order valence-corrected chi connectivity index (χ4v) is 2.65. The third-order valence-corrected chi connectivity index (χ3v) is 3.78. The van der Waals surface area contributed by atoms with Crippen LogP contribution in [-0.2, 0) is 11.2 Å². The summed E-state index contributed by atoms with van der Waals surface area (Å²) in [4.78, 5) is 0. The lowest BCUT2D eigenvalue weighted by molar-refractivity contribution is -0.00927. The van der Waals surface area contributed by atoms with Crippen LogP contribution < -0.4 is 5.32 Å². The second kappa shape index (κ2) is 8.92. The Hall–Kier alpha value is -0.380. The highest BCUT2D eigenvalue weighted by atomic mass is 79.9. The van der Waals surface area contributed by atoms with Gasteiger partial charge in [0.25, 0.3) is 0 Å². The minimum Gasteiger partial charge on any atom is -0.376 e. The summed E-state index contributed by atoms with van der Waals surface area (Å²) in [6, 6.07) is 9.13. The van der Waals surface area contributed by atoms with Gasteiger partial charge < -0.3 is 10.1 Å². The van der Waals surface area contributed by atoms with Gasteiger partial charge in [0.05, 0.1) is 5.60 Å². The topological polar surface area (TPSA) is 21.3 Å². The number of rotatable bonds is 8. The second-order valence-corrected chi connectivity index (χ2v) is 7.93. The molecule has 0 aliphatic heterocycles. The molecule has 0 bridgehead atoms. The van der Waals surface area contributed by atoms with Crippen molar-refractivity contribution < 1.29 is 4.74 Å². The first-order valence-corrected chi connectivity index (χ1v) is 8.67. The van der Waals surface area contributed by atoms with Crippen molar-refractivity contribution in [3.05, 3.63) is 34.3 Å². The largest absolute Gasteiger partial charge is 0.376 e. The first kappa shape index (κ1) is 18.7. The van der Waals surface area contributed by atoms with Gasteiger partial charge in [-0.15, -0.1) is 0 Å². The van der Waals surface area contributed by atoms with Crippen molar-refractivity contribution in [2.24, 2.45) is 5.92 Å². The average Bonchev–Trinajstić information content (AvgIpc) is 2.34. The van der Waals surface area contributed by atoms with Gasteiger partial charge in [-0.25, -0.2) is 0 Å². The molecule has 0 heterocycles. The summed E-state index contributed by atoms with van der Waals surface area (Å²) in [7, 11) is 0. The van der Waals surface area contributed by atoms with Crippen LogP contribution in [0.25, 0.3) is 0 Å². The number of nitrogens with one attached hydrogen (secondary N) is 1. The fourth-order valence-electron chi connectivity index (χ4n) is 2.21. The Balaban J connectivity index is 2.55. The molecule has 3 heteroatoms. The molecular weight excluding hydrogens is 326 g/mol. The van der Waals surface area contributed by atoms with Crippen LogP contribution in [0.15, 0.2) is 28.7 Å².